The number of aryl methyl sites for hydroxylation is 1. The van der Waals surface area contributed by atoms with E-state index in [1.807, 2.05) is 0 Å². The molecule has 0 aliphatic carbocycles. The molecule has 0 saturated carbocycles. The van der Waals surface area contributed by atoms with Crippen molar-refractivity contribution >= 4 is 34.7 Å². The number of anilines is 1. The summed E-state index contributed by atoms with van der Waals surface area (Å²) in [6.07, 6.45) is -1.94. The Kier molecular flexibility index (Phi) is 8.10. The van der Waals surface area contributed by atoms with E-state index in [-0.39, 0.29) is 53.5 Å². The highest BCUT2D eigenvalue weighted by atomic mass is 16.6. The predicted octanol–water partition coefficient (Wildman–Crippen LogP) is 1.41. The fourth-order valence-electron chi connectivity index (χ4n) is 4.75. The van der Waals surface area contributed by atoms with Crippen LogP contribution in [0.3, 0.4) is 0 Å². The molecule has 5 N–H and O–H groups in total. The summed E-state index contributed by atoms with van der Waals surface area (Å²) in [4.78, 5) is 48.9. The zero-order valence-electron chi connectivity index (χ0n) is 22.3. The van der Waals surface area contributed by atoms with Crippen molar-refractivity contribution < 1.29 is 43.9 Å². The number of aliphatic hydroxyl groups excluding tert-OH is 2. The van der Waals surface area contributed by atoms with Gasteiger partial charge >= 0.3 is 11.9 Å². The highest BCUT2D eigenvalue weighted by Gasteiger charge is 2.45. The van der Waals surface area contributed by atoms with Gasteiger partial charge in [0.05, 0.1) is 19.0 Å². The first-order valence-corrected chi connectivity index (χ1v) is 12.8. The summed E-state index contributed by atoms with van der Waals surface area (Å²) < 4.78 is 18.1. The minimum atomic E-state index is -1.36. The number of imidazole rings is 1. The Labute approximate surface area is 238 Å². The number of aromatic carboxylic acids is 1. The molecule has 0 bridgehead atoms. The van der Waals surface area contributed by atoms with E-state index in [4.69, 9.17) is 19.9 Å². The van der Waals surface area contributed by atoms with Crippen LogP contribution in [0.1, 0.15) is 49.3 Å². The number of nitrogen functional groups attached to an aromatic ring is 1. The Balaban J connectivity index is 1.31. The maximum absolute atomic E-state index is 12.8. The van der Waals surface area contributed by atoms with Crippen molar-refractivity contribution in [3.8, 4) is 5.75 Å². The van der Waals surface area contributed by atoms with E-state index in [1.54, 1.807) is 24.3 Å². The molecule has 2 aromatic heterocycles. The second-order valence-electron chi connectivity index (χ2n) is 9.54. The molecule has 5 rings (SSSR count). The molecule has 0 spiro atoms. The van der Waals surface area contributed by atoms with Crippen LogP contribution in [0.4, 0.5) is 5.82 Å². The zero-order valence-corrected chi connectivity index (χ0v) is 22.3. The van der Waals surface area contributed by atoms with Gasteiger partial charge in [-0.15, -0.1) is 0 Å². The smallest absolute Gasteiger partial charge is 0.341 e. The molecule has 3 heterocycles. The SMILES string of the molecule is COC(=O)c1ccc(CCC(=O)c2ccccc2C(=O)O)cc1OC[C@H]1O[C@@H](n2cnc3c(N)ncnc32)[C@H](O)[C@@H]1O. The van der Waals surface area contributed by atoms with Gasteiger partial charge in [0.1, 0.15) is 48.1 Å². The molecule has 1 aliphatic rings. The van der Waals surface area contributed by atoms with Gasteiger partial charge in [0.15, 0.2) is 23.5 Å². The van der Waals surface area contributed by atoms with Crippen LogP contribution in [0.2, 0.25) is 0 Å². The van der Waals surface area contributed by atoms with Crippen molar-refractivity contribution in [3.63, 3.8) is 0 Å². The quantitative estimate of drug-likeness (QED) is 0.155. The van der Waals surface area contributed by atoms with Gasteiger partial charge in [0.2, 0.25) is 0 Å². The first-order chi connectivity index (χ1) is 20.2. The number of carbonyl (C=O) groups is 3. The minimum absolute atomic E-state index is 0.00651. The van der Waals surface area contributed by atoms with E-state index in [1.165, 1.54) is 42.5 Å². The number of hydrogen-bond acceptors (Lipinski definition) is 12. The predicted molar refractivity (Wildman–Crippen MR) is 145 cm³/mol. The third-order valence-corrected chi connectivity index (χ3v) is 6.95. The molecular weight excluding hydrogens is 550 g/mol. The average molecular weight is 578 g/mol. The Morgan fingerprint density at radius 1 is 1.02 bits per heavy atom. The maximum atomic E-state index is 12.8. The number of aliphatic hydroxyl groups is 2. The molecule has 42 heavy (non-hydrogen) atoms. The highest BCUT2D eigenvalue weighted by molar-refractivity contribution is 6.05. The largest absolute Gasteiger partial charge is 0.490 e. The Morgan fingerprint density at radius 2 is 1.79 bits per heavy atom. The van der Waals surface area contributed by atoms with Gasteiger partial charge in [-0.25, -0.2) is 24.5 Å². The van der Waals surface area contributed by atoms with Gasteiger partial charge in [0.25, 0.3) is 0 Å². The molecule has 218 valence electrons. The number of ether oxygens (including phenoxy) is 3. The van der Waals surface area contributed by atoms with E-state index in [2.05, 4.69) is 15.0 Å². The number of carboxylic acids is 1. The summed E-state index contributed by atoms with van der Waals surface area (Å²) in [6.45, 7) is -0.253. The monoisotopic (exact) mass is 577 g/mol. The number of fused-ring (bicyclic) bond motifs is 1. The number of hydrogen-bond donors (Lipinski definition) is 4. The van der Waals surface area contributed by atoms with Gasteiger partial charge in [0, 0.05) is 12.0 Å². The summed E-state index contributed by atoms with van der Waals surface area (Å²) in [5.41, 5.74) is 7.21. The second kappa shape index (κ2) is 11.9. The third kappa shape index (κ3) is 5.50. The Morgan fingerprint density at radius 3 is 2.52 bits per heavy atom. The first-order valence-electron chi connectivity index (χ1n) is 12.8. The van der Waals surface area contributed by atoms with E-state index in [0.717, 1.165) is 0 Å². The molecule has 0 unspecified atom stereocenters. The van der Waals surface area contributed by atoms with Crippen molar-refractivity contribution in [1.29, 1.82) is 0 Å². The van der Waals surface area contributed by atoms with Gasteiger partial charge in [-0.2, -0.15) is 0 Å². The number of rotatable bonds is 10. The number of methoxy groups -OCH3 is 1. The maximum Gasteiger partial charge on any atom is 0.341 e. The second-order valence-corrected chi connectivity index (χ2v) is 9.54. The van der Waals surface area contributed by atoms with Crippen LogP contribution in [0, 0.1) is 0 Å². The lowest BCUT2D eigenvalue weighted by Gasteiger charge is -2.18. The molecule has 1 fully saturated rings. The van der Waals surface area contributed by atoms with Crippen LogP contribution >= 0.6 is 0 Å². The average Bonchev–Trinajstić information content (AvgIpc) is 3.55. The van der Waals surface area contributed by atoms with Crippen LogP contribution in [0.15, 0.2) is 55.1 Å². The van der Waals surface area contributed by atoms with Crippen LogP contribution < -0.4 is 10.5 Å². The Bertz CT molecular complexity index is 1660. The third-order valence-electron chi connectivity index (χ3n) is 6.95. The molecule has 14 heteroatoms. The summed E-state index contributed by atoms with van der Waals surface area (Å²) in [7, 11) is 1.22. The summed E-state index contributed by atoms with van der Waals surface area (Å²) in [5.74, 6) is -1.96. The molecule has 1 saturated heterocycles. The topological polar surface area (TPSA) is 209 Å². The number of nitrogens with zero attached hydrogens (tertiary/aromatic N) is 4. The molecular formula is C28H27N5O9. The number of nitrogens with two attached hydrogens (primary N) is 1. The lowest BCUT2D eigenvalue weighted by molar-refractivity contribution is -0.0475. The zero-order chi connectivity index (χ0) is 30.0. The molecule has 14 nitrogen and oxygen atoms in total. The van der Waals surface area contributed by atoms with Crippen LogP contribution in [-0.4, -0.2) is 84.6 Å². The standard InChI is InChI=1S/C28H27N5O9/c1-40-28(39)17-8-6-14(7-9-18(34)15-4-2-3-5-16(15)27(37)38)10-19(17)41-11-20-22(35)23(36)26(42-20)33-13-32-21-24(29)30-12-31-25(21)33/h2-6,8,10,12-13,20,22-23,26,35-36H,7,9,11H2,1H3,(H,37,38)(H2,29,30,31)/t20-,22-,23-,26-/m1/s1. The van der Waals surface area contributed by atoms with Crippen molar-refractivity contribution in [2.24, 2.45) is 0 Å². The van der Waals surface area contributed by atoms with Crippen LogP contribution in [0.25, 0.3) is 11.2 Å². The summed E-state index contributed by atoms with van der Waals surface area (Å²) >= 11 is 0. The number of Topliss-reactive ketones (excluding diaryl/α,β-unsaturated/α-hetero) is 1. The first kappa shape index (κ1) is 28.6. The molecule has 2 aromatic carbocycles. The number of esters is 1. The van der Waals surface area contributed by atoms with E-state index < -0.39 is 36.5 Å². The number of aromatic nitrogens is 4. The lowest BCUT2D eigenvalue weighted by Crippen LogP contribution is -2.34. The van der Waals surface area contributed by atoms with E-state index in [0.29, 0.717) is 16.7 Å². The van der Waals surface area contributed by atoms with E-state index in [9.17, 15) is 29.7 Å². The summed E-state index contributed by atoms with van der Waals surface area (Å²) in [5, 5.41) is 30.8. The number of carboxylic acid groups (broad SMARTS) is 1. The highest BCUT2D eigenvalue weighted by Crippen LogP contribution is 2.33. The van der Waals surface area contributed by atoms with Crippen molar-refractivity contribution in [3.05, 3.63) is 77.4 Å². The van der Waals surface area contributed by atoms with Gasteiger partial charge in [-0.3, -0.25) is 9.36 Å². The van der Waals surface area contributed by atoms with Crippen LogP contribution in [0.5, 0.6) is 5.75 Å². The Hall–Kier alpha value is -4.92. The van der Waals surface area contributed by atoms with Crippen molar-refractivity contribution in [2.45, 2.75) is 37.4 Å². The van der Waals surface area contributed by atoms with Crippen molar-refractivity contribution in [2.75, 3.05) is 19.5 Å². The lowest BCUT2D eigenvalue weighted by atomic mass is 9.98. The number of carbonyl (C=O) groups excluding carboxylic acids is 2. The van der Waals surface area contributed by atoms with E-state index >= 15 is 0 Å². The minimum Gasteiger partial charge on any atom is -0.490 e. The van der Waals surface area contributed by atoms with Gasteiger partial charge in [-0.05, 0) is 30.2 Å². The van der Waals surface area contributed by atoms with Crippen molar-refractivity contribution in [1.82, 2.24) is 19.5 Å². The fraction of sp³-hybridized carbons (Fsp3) is 0.286. The van der Waals surface area contributed by atoms with Gasteiger partial charge < -0.3 is 35.3 Å². The molecule has 1 aliphatic heterocycles. The van der Waals surface area contributed by atoms with Crippen LogP contribution in [-0.2, 0) is 15.9 Å². The molecule has 4 atom stereocenters. The number of benzene rings is 2. The number of ketones is 1. The molecule has 4 aromatic rings. The molecule has 0 amide bonds. The normalized spacial score (nSPS) is 20.0. The molecule has 0 radical (unpaired) electrons. The fourth-order valence-corrected chi connectivity index (χ4v) is 4.75. The van der Waals surface area contributed by atoms with Gasteiger partial charge in [-0.1, -0.05) is 24.3 Å². The summed E-state index contributed by atoms with van der Waals surface area (Å²) in [6, 6.07) is 10.6.